The van der Waals surface area contributed by atoms with Crippen LogP contribution in [0.25, 0.3) is 0 Å². The summed E-state index contributed by atoms with van der Waals surface area (Å²) in [6.45, 7) is 10.3. The lowest BCUT2D eigenvalue weighted by Gasteiger charge is -2.38. The molecule has 4 N–H and O–H groups in total. The summed E-state index contributed by atoms with van der Waals surface area (Å²) in [6.07, 6.45) is 3.88. The molecule has 0 saturated carbocycles. The fourth-order valence-electron chi connectivity index (χ4n) is 7.37. The Morgan fingerprint density at radius 2 is 1.35 bits per heavy atom. The second-order valence-electron chi connectivity index (χ2n) is 15.0. The van der Waals surface area contributed by atoms with Crippen molar-refractivity contribution in [1.29, 1.82) is 0 Å². The van der Waals surface area contributed by atoms with Crippen molar-refractivity contribution in [2.75, 3.05) is 31.5 Å². The lowest BCUT2D eigenvalue weighted by Crippen LogP contribution is -2.59. The maximum absolute atomic E-state index is 13.5. The normalized spacial score (nSPS) is 23.9. The zero-order valence-electron chi connectivity index (χ0n) is 33.5. The molecule has 6 rings (SSSR count). The summed E-state index contributed by atoms with van der Waals surface area (Å²) in [5, 5.41) is 7.47. The minimum absolute atomic E-state index is 0.0174. The number of carbonyl (C=O) groups excluding carboxylic acids is 7. The van der Waals surface area contributed by atoms with Crippen molar-refractivity contribution in [3.63, 3.8) is 0 Å². The molecule has 0 bridgehead atoms. The van der Waals surface area contributed by atoms with E-state index in [9.17, 15) is 38.0 Å². The number of carbonyl (C=O) groups is 7. The van der Waals surface area contributed by atoms with Crippen molar-refractivity contribution >= 4 is 47.2 Å². The van der Waals surface area contributed by atoms with Gasteiger partial charge in [0.25, 0.3) is 5.91 Å². The number of aryl methyl sites for hydroxylation is 3. The number of ether oxygens (including phenoxy) is 1. The highest BCUT2D eigenvalue weighted by Crippen LogP contribution is 2.27. The lowest BCUT2D eigenvalue weighted by atomic mass is 9.99. The molecule has 0 radical (unpaired) electrons. The first-order chi connectivity index (χ1) is 27.2. The van der Waals surface area contributed by atoms with Crippen LogP contribution in [0.2, 0.25) is 0 Å². The number of nitrogens with zero attached hydrogens (tertiary/aromatic N) is 3. The van der Waals surface area contributed by atoms with Gasteiger partial charge in [-0.05, 0) is 91.7 Å². The number of cyclic esters (lactones) is 1. The van der Waals surface area contributed by atoms with E-state index in [-0.39, 0.29) is 30.0 Å². The molecule has 5 unspecified atom stereocenters. The number of anilines is 1. The molecule has 2 aromatic carbocycles. The Balaban J connectivity index is 0.000000246. The number of nitrogens with one attached hydrogen (secondary N) is 4. The van der Waals surface area contributed by atoms with Crippen LogP contribution < -0.4 is 21.5 Å². The number of halogens is 1. The molecule has 2 aromatic rings. The van der Waals surface area contributed by atoms with Crippen molar-refractivity contribution < 1.29 is 42.8 Å². The first-order valence-corrected chi connectivity index (χ1v) is 19.6. The van der Waals surface area contributed by atoms with Gasteiger partial charge >= 0.3 is 12.0 Å². The molecular formula is C41H56FN7O8. The first kappa shape index (κ1) is 44.2. The Labute approximate surface area is 333 Å². The number of rotatable bonds is 3. The van der Waals surface area contributed by atoms with Crippen molar-refractivity contribution in [2.24, 2.45) is 0 Å². The maximum Gasteiger partial charge on any atom is 0.329 e. The minimum Gasteiger partial charge on any atom is -0.461 e. The van der Waals surface area contributed by atoms with E-state index in [1.807, 2.05) is 19.1 Å². The number of fused-ring (bicyclic) bond motifs is 3. The van der Waals surface area contributed by atoms with E-state index >= 15 is 0 Å². The fourth-order valence-corrected chi connectivity index (χ4v) is 7.37. The number of amides is 7. The molecule has 16 heteroatoms. The Morgan fingerprint density at radius 1 is 0.754 bits per heavy atom. The first-order valence-electron chi connectivity index (χ1n) is 19.6. The lowest BCUT2D eigenvalue weighted by molar-refractivity contribution is -0.160. The second-order valence-corrected chi connectivity index (χ2v) is 15.0. The summed E-state index contributed by atoms with van der Waals surface area (Å²) in [7, 11) is 0. The average Bonchev–Trinajstić information content (AvgIpc) is 3.89. The third-order valence-corrected chi connectivity index (χ3v) is 10.3. The molecule has 4 heterocycles. The van der Waals surface area contributed by atoms with Gasteiger partial charge in [0.2, 0.25) is 23.6 Å². The van der Waals surface area contributed by atoms with Gasteiger partial charge < -0.3 is 35.4 Å². The molecule has 4 saturated heterocycles. The number of esters is 1. The summed E-state index contributed by atoms with van der Waals surface area (Å²) >= 11 is 0. The highest BCUT2D eigenvalue weighted by Gasteiger charge is 2.43. The molecular weight excluding hydrogens is 737 g/mol. The monoisotopic (exact) mass is 793 g/mol. The van der Waals surface area contributed by atoms with Crippen molar-refractivity contribution in [3.05, 3.63) is 65.2 Å². The van der Waals surface area contributed by atoms with Gasteiger partial charge in [0, 0.05) is 25.3 Å². The summed E-state index contributed by atoms with van der Waals surface area (Å²) in [5.41, 5.74) is 5.26. The highest BCUT2D eigenvalue weighted by molar-refractivity contribution is 5.96. The molecule has 4 aliphatic heterocycles. The minimum atomic E-state index is -0.904. The number of hydrogen-bond acceptors (Lipinski definition) is 8. The van der Waals surface area contributed by atoms with Gasteiger partial charge in [-0.2, -0.15) is 5.54 Å². The highest BCUT2D eigenvalue weighted by atomic mass is 19.2. The molecule has 4 fully saturated rings. The van der Waals surface area contributed by atoms with E-state index in [1.54, 1.807) is 35.8 Å². The summed E-state index contributed by atoms with van der Waals surface area (Å²) in [4.78, 5) is 91.8. The predicted octanol–water partition coefficient (Wildman–Crippen LogP) is 3.61. The summed E-state index contributed by atoms with van der Waals surface area (Å²) < 4.78 is 17.1. The molecule has 7 amide bonds. The third-order valence-electron chi connectivity index (χ3n) is 10.3. The van der Waals surface area contributed by atoms with Gasteiger partial charge in [0.15, 0.2) is 0 Å². The van der Waals surface area contributed by atoms with Crippen LogP contribution in [-0.4, -0.2) is 113 Å². The van der Waals surface area contributed by atoms with Gasteiger partial charge in [0.05, 0.1) is 6.42 Å². The Bertz CT molecular complexity index is 1740. The van der Waals surface area contributed by atoms with Crippen LogP contribution in [0.1, 0.15) is 81.9 Å². The van der Waals surface area contributed by atoms with Crippen LogP contribution in [0.5, 0.6) is 0 Å². The summed E-state index contributed by atoms with van der Waals surface area (Å²) in [6, 6.07) is 12.2. The molecule has 0 spiro atoms. The van der Waals surface area contributed by atoms with Gasteiger partial charge in [-0.25, -0.2) is 9.59 Å². The molecule has 4 aliphatic rings. The zero-order chi connectivity index (χ0) is 41.6. The predicted molar refractivity (Wildman–Crippen MR) is 210 cm³/mol. The quantitative estimate of drug-likeness (QED) is 0.268. The number of urea groups is 1. The van der Waals surface area contributed by atoms with Crippen molar-refractivity contribution in [1.82, 2.24) is 30.9 Å². The van der Waals surface area contributed by atoms with E-state index in [0.29, 0.717) is 57.4 Å². The van der Waals surface area contributed by atoms with Crippen LogP contribution in [0, 0.1) is 20.8 Å². The molecule has 5 atom stereocenters. The molecule has 310 valence electrons. The van der Waals surface area contributed by atoms with Crippen LogP contribution in [-0.2, 0) is 33.5 Å². The SMILES string of the molecule is CC1CC(=O)N2CCCC2C(=O)N2CCCCC2C(=O)NC(C)C(=O)N2CCCC2C(=O)O1.Cc1ccc(NC(=O)NCC(=O)NF)cc1.Cc1cccc(C)c1. The third kappa shape index (κ3) is 12.7. The molecule has 15 nitrogen and oxygen atoms in total. The van der Waals surface area contributed by atoms with Crippen LogP contribution in [0.4, 0.5) is 15.0 Å². The number of piperidine rings is 1. The van der Waals surface area contributed by atoms with E-state index in [4.69, 9.17) is 4.74 Å². The van der Waals surface area contributed by atoms with Crippen LogP contribution >= 0.6 is 0 Å². The van der Waals surface area contributed by atoms with Gasteiger partial charge in [0.1, 0.15) is 36.8 Å². The van der Waals surface area contributed by atoms with E-state index in [0.717, 1.165) is 23.9 Å². The van der Waals surface area contributed by atoms with Crippen molar-refractivity contribution in [2.45, 2.75) is 116 Å². The fraction of sp³-hybridized carbons (Fsp3) is 0.537. The topological polar surface area (TPSA) is 187 Å². The summed E-state index contributed by atoms with van der Waals surface area (Å²) in [5.74, 6) is -2.58. The molecule has 57 heavy (non-hydrogen) atoms. The van der Waals surface area contributed by atoms with E-state index in [2.05, 4.69) is 54.1 Å². The van der Waals surface area contributed by atoms with E-state index < -0.39 is 54.7 Å². The van der Waals surface area contributed by atoms with Gasteiger partial charge in [-0.1, -0.05) is 53.1 Å². The smallest absolute Gasteiger partial charge is 0.329 e. The standard InChI is InChI=1S/C23H34N4O6.C10H12FN3O2.C8H10/c1-14-13-19(28)25-11-5-8-17(25)22(31)26-10-4-3-7-16(26)20(29)24-15(2)21(30)27-12-6-9-18(27)23(32)33-14;1-7-2-4-8(5-3-7)13-10(16)12-6-9(15)14-11;1-7-4-3-5-8(2)6-7/h14-18H,3-13H2,1-2H3,(H,24,29);2-5H,6H2,1H3,(H,14,15)(H2,12,13,16);3-6H,1-2H3. The second kappa shape index (κ2) is 21.1. The van der Waals surface area contributed by atoms with E-state index in [1.165, 1.54) is 16.0 Å². The van der Waals surface area contributed by atoms with Crippen LogP contribution in [0.3, 0.4) is 0 Å². The van der Waals surface area contributed by atoms with Crippen LogP contribution in [0.15, 0.2) is 48.5 Å². The Kier molecular flexibility index (Phi) is 16.4. The van der Waals surface area contributed by atoms with Gasteiger partial charge in [-0.15, -0.1) is 4.48 Å². The Morgan fingerprint density at radius 3 is 1.98 bits per heavy atom. The Hall–Kier alpha value is -5.54. The number of hydrogen-bond donors (Lipinski definition) is 4. The zero-order valence-corrected chi connectivity index (χ0v) is 33.5. The average molecular weight is 794 g/mol. The largest absolute Gasteiger partial charge is 0.461 e. The van der Waals surface area contributed by atoms with Gasteiger partial charge in [-0.3, -0.25) is 24.0 Å². The molecule has 0 aliphatic carbocycles. The van der Waals surface area contributed by atoms with Crippen molar-refractivity contribution in [3.8, 4) is 0 Å². The molecule has 0 aromatic heterocycles. The maximum atomic E-state index is 13.5. The number of benzene rings is 2.